The van der Waals surface area contributed by atoms with Crippen LogP contribution in [0.2, 0.25) is 5.02 Å². The fourth-order valence-electron chi connectivity index (χ4n) is 1.81. The van der Waals surface area contributed by atoms with Crippen LogP contribution in [0.25, 0.3) is 0 Å². The van der Waals surface area contributed by atoms with Gasteiger partial charge in [0.05, 0.1) is 0 Å². The standard InChI is InChI=1S/C11H14ClNS/c1-13-5-4-8-7-14-11-3-2-9(12)6-10(8)11/h2-3,6,8,13H,4-5,7H2,1H3. The summed E-state index contributed by atoms with van der Waals surface area (Å²) >= 11 is 7.95. The average Bonchev–Trinajstić information content (AvgIpc) is 2.57. The molecule has 1 atom stereocenters. The van der Waals surface area contributed by atoms with Gasteiger partial charge >= 0.3 is 0 Å². The van der Waals surface area contributed by atoms with Gasteiger partial charge in [-0.3, -0.25) is 0 Å². The van der Waals surface area contributed by atoms with E-state index in [0.717, 1.165) is 11.6 Å². The first-order valence-corrected chi connectivity index (χ1v) is 6.24. The Kier molecular flexibility index (Phi) is 3.37. The van der Waals surface area contributed by atoms with Gasteiger partial charge in [0.25, 0.3) is 0 Å². The lowest BCUT2D eigenvalue weighted by molar-refractivity contribution is 0.644. The van der Waals surface area contributed by atoms with Gasteiger partial charge < -0.3 is 5.32 Å². The Morgan fingerprint density at radius 3 is 3.21 bits per heavy atom. The molecule has 0 radical (unpaired) electrons. The number of thioether (sulfide) groups is 1. The third-order valence-corrected chi connectivity index (χ3v) is 4.08. The summed E-state index contributed by atoms with van der Waals surface area (Å²) in [5, 5.41) is 4.06. The van der Waals surface area contributed by atoms with E-state index in [1.807, 2.05) is 24.9 Å². The van der Waals surface area contributed by atoms with Crippen LogP contribution < -0.4 is 5.32 Å². The number of nitrogens with one attached hydrogen (secondary N) is 1. The number of benzene rings is 1. The van der Waals surface area contributed by atoms with Crippen LogP contribution in [-0.2, 0) is 0 Å². The van der Waals surface area contributed by atoms with Crippen molar-refractivity contribution in [3.8, 4) is 0 Å². The largest absolute Gasteiger partial charge is 0.320 e. The number of fused-ring (bicyclic) bond motifs is 1. The minimum Gasteiger partial charge on any atom is -0.320 e. The first-order chi connectivity index (χ1) is 6.81. The van der Waals surface area contributed by atoms with Crippen molar-refractivity contribution >= 4 is 23.4 Å². The molecule has 2 rings (SSSR count). The molecule has 1 heterocycles. The van der Waals surface area contributed by atoms with E-state index in [2.05, 4.69) is 17.4 Å². The molecule has 0 aromatic heterocycles. The summed E-state index contributed by atoms with van der Waals surface area (Å²) < 4.78 is 0. The predicted octanol–water partition coefficient (Wildman–Crippen LogP) is 3.14. The van der Waals surface area contributed by atoms with Crippen LogP contribution in [-0.4, -0.2) is 19.3 Å². The molecule has 1 aromatic rings. The SMILES string of the molecule is CNCCC1CSc2ccc(Cl)cc21. The molecule has 0 saturated carbocycles. The number of hydrogen-bond acceptors (Lipinski definition) is 2. The summed E-state index contributed by atoms with van der Waals surface area (Å²) in [7, 11) is 2.00. The smallest absolute Gasteiger partial charge is 0.0409 e. The Labute approximate surface area is 94.2 Å². The van der Waals surface area contributed by atoms with Crippen molar-refractivity contribution in [1.29, 1.82) is 0 Å². The molecule has 0 bridgehead atoms. The van der Waals surface area contributed by atoms with Crippen LogP contribution in [0.5, 0.6) is 0 Å². The summed E-state index contributed by atoms with van der Waals surface area (Å²) in [6.45, 7) is 1.08. The van der Waals surface area contributed by atoms with E-state index in [1.54, 1.807) is 0 Å². The van der Waals surface area contributed by atoms with Gasteiger partial charge in [-0.1, -0.05) is 11.6 Å². The first-order valence-electron chi connectivity index (χ1n) is 4.88. The lowest BCUT2D eigenvalue weighted by atomic mass is 9.98. The first kappa shape index (κ1) is 10.3. The topological polar surface area (TPSA) is 12.0 Å². The van der Waals surface area contributed by atoms with Crippen LogP contribution >= 0.6 is 23.4 Å². The van der Waals surface area contributed by atoms with Gasteiger partial charge in [0.15, 0.2) is 0 Å². The van der Waals surface area contributed by atoms with Gasteiger partial charge in [-0.2, -0.15) is 0 Å². The van der Waals surface area contributed by atoms with E-state index in [4.69, 9.17) is 11.6 Å². The van der Waals surface area contributed by atoms with Crippen LogP contribution in [0, 0.1) is 0 Å². The van der Waals surface area contributed by atoms with Crippen molar-refractivity contribution in [2.75, 3.05) is 19.3 Å². The molecule has 1 unspecified atom stereocenters. The predicted molar refractivity (Wildman–Crippen MR) is 63.5 cm³/mol. The molecule has 1 aromatic carbocycles. The maximum atomic E-state index is 6.00. The van der Waals surface area contributed by atoms with Gasteiger partial charge in [0, 0.05) is 15.7 Å². The summed E-state index contributed by atoms with van der Waals surface area (Å²) in [5.41, 5.74) is 1.44. The van der Waals surface area contributed by atoms with Crippen LogP contribution in [0.3, 0.4) is 0 Å². The van der Waals surface area contributed by atoms with Crippen molar-refractivity contribution in [2.45, 2.75) is 17.2 Å². The minimum absolute atomic E-state index is 0.682. The molecule has 1 N–H and O–H groups in total. The average molecular weight is 228 g/mol. The van der Waals surface area contributed by atoms with E-state index in [9.17, 15) is 0 Å². The Morgan fingerprint density at radius 1 is 1.57 bits per heavy atom. The molecule has 3 heteroatoms. The van der Waals surface area contributed by atoms with E-state index < -0.39 is 0 Å². The summed E-state index contributed by atoms with van der Waals surface area (Å²) in [4.78, 5) is 1.41. The van der Waals surface area contributed by atoms with Gasteiger partial charge in [-0.15, -0.1) is 11.8 Å². The third kappa shape index (κ3) is 2.08. The number of rotatable bonds is 3. The molecule has 0 amide bonds. The highest BCUT2D eigenvalue weighted by atomic mass is 35.5. The van der Waals surface area contributed by atoms with Gasteiger partial charge in [-0.05, 0) is 49.7 Å². The maximum absolute atomic E-state index is 6.00. The lowest BCUT2D eigenvalue weighted by Crippen LogP contribution is -2.11. The fourth-order valence-corrected chi connectivity index (χ4v) is 3.27. The highest BCUT2D eigenvalue weighted by Gasteiger charge is 2.22. The molecule has 1 aliphatic rings. The van der Waals surface area contributed by atoms with Gasteiger partial charge in [0.2, 0.25) is 0 Å². The van der Waals surface area contributed by atoms with Crippen LogP contribution in [0.15, 0.2) is 23.1 Å². The molecule has 1 aliphatic heterocycles. The van der Waals surface area contributed by atoms with Crippen LogP contribution in [0.1, 0.15) is 17.9 Å². The van der Waals surface area contributed by atoms with Crippen molar-refractivity contribution in [3.63, 3.8) is 0 Å². The molecule has 76 valence electrons. The van der Waals surface area contributed by atoms with E-state index >= 15 is 0 Å². The molecular weight excluding hydrogens is 214 g/mol. The Bertz CT molecular complexity index is 327. The third-order valence-electron chi connectivity index (χ3n) is 2.59. The number of halogens is 1. The summed E-state index contributed by atoms with van der Waals surface area (Å²) in [6.07, 6.45) is 1.21. The Morgan fingerprint density at radius 2 is 2.43 bits per heavy atom. The Hall–Kier alpha value is -0.180. The Balaban J connectivity index is 2.16. The zero-order valence-corrected chi connectivity index (χ0v) is 9.79. The molecule has 0 aliphatic carbocycles. The van der Waals surface area contributed by atoms with Crippen LogP contribution in [0.4, 0.5) is 0 Å². The zero-order valence-electron chi connectivity index (χ0n) is 8.22. The number of hydrogen-bond donors (Lipinski definition) is 1. The molecule has 0 fully saturated rings. The monoisotopic (exact) mass is 227 g/mol. The molecular formula is C11H14ClNS. The summed E-state index contributed by atoms with van der Waals surface area (Å²) in [6, 6.07) is 6.24. The second kappa shape index (κ2) is 4.56. The highest BCUT2D eigenvalue weighted by molar-refractivity contribution is 7.99. The second-order valence-electron chi connectivity index (χ2n) is 3.58. The normalized spacial score (nSPS) is 19.7. The van der Waals surface area contributed by atoms with Gasteiger partial charge in [0.1, 0.15) is 0 Å². The lowest BCUT2D eigenvalue weighted by Gasteiger charge is -2.09. The van der Waals surface area contributed by atoms with Crippen molar-refractivity contribution < 1.29 is 0 Å². The molecule has 0 spiro atoms. The van der Waals surface area contributed by atoms with E-state index in [0.29, 0.717) is 5.92 Å². The fraction of sp³-hybridized carbons (Fsp3) is 0.455. The van der Waals surface area contributed by atoms with Crippen molar-refractivity contribution in [2.24, 2.45) is 0 Å². The summed E-state index contributed by atoms with van der Waals surface area (Å²) in [5.74, 6) is 1.89. The van der Waals surface area contributed by atoms with E-state index in [1.165, 1.54) is 22.6 Å². The van der Waals surface area contributed by atoms with Crippen molar-refractivity contribution in [3.05, 3.63) is 28.8 Å². The zero-order chi connectivity index (χ0) is 9.97. The van der Waals surface area contributed by atoms with Gasteiger partial charge in [-0.25, -0.2) is 0 Å². The quantitative estimate of drug-likeness (QED) is 0.852. The highest BCUT2D eigenvalue weighted by Crippen LogP contribution is 2.42. The molecule has 1 nitrogen and oxygen atoms in total. The molecule has 0 saturated heterocycles. The minimum atomic E-state index is 0.682. The second-order valence-corrected chi connectivity index (χ2v) is 5.08. The molecule has 14 heavy (non-hydrogen) atoms. The van der Waals surface area contributed by atoms with E-state index in [-0.39, 0.29) is 0 Å². The maximum Gasteiger partial charge on any atom is 0.0409 e. The van der Waals surface area contributed by atoms with Crippen molar-refractivity contribution in [1.82, 2.24) is 5.32 Å².